The minimum Gasteiger partial charge on any atom is -0.451 e. The second-order valence-corrected chi connectivity index (χ2v) is 5.25. The van der Waals surface area contributed by atoms with Gasteiger partial charge >= 0.3 is 5.97 Å². The summed E-state index contributed by atoms with van der Waals surface area (Å²) in [7, 11) is 0. The van der Waals surface area contributed by atoms with Crippen LogP contribution in [0.4, 0.5) is 4.39 Å². The fraction of sp³-hybridized carbons (Fsp3) is 0.267. The minimum absolute atomic E-state index is 0.172. The van der Waals surface area contributed by atoms with Gasteiger partial charge in [-0.1, -0.05) is 11.8 Å². The van der Waals surface area contributed by atoms with Gasteiger partial charge in [-0.2, -0.15) is 0 Å². The van der Waals surface area contributed by atoms with Gasteiger partial charge in [-0.25, -0.2) is 14.2 Å². The third-order valence-corrected chi connectivity index (χ3v) is 3.57. The van der Waals surface area contributed by atoms with Crippen LogP contribution >= 0.6 is 11.8 Å². The summed E-state index contributed by atoms with van der Waals surface area (Å²) in [4.78, 5) is 27.7. The lowest BCUT2D eigenvalue weighted by molar-refractivity contribution is -0.124. The molecule has 0 bridgehead atoms. The number of aromatic nitrogens is 2. The summed E-state index contributed by atoms with van der Waals surface area (Å²) >= 11 is 1.34. The number of thioether (sulfide) groups is 1. The van der Waals surface area contributed by atoms with Gasteiger partial charge < -0.3 is 10.1 Å². The van der Waals surface area contributed by atoms with E-state index in [1.54, 1.807) is 11.5 Å². The quantitative estimate of drug-likeness (QED) is 0.645. The Morgan fingerprint density at radius 2 is 2.04 bits per heavy atom. The van der Waals surface area contributed by atoms with Crippen molar-refractivity contribution in [2.24, 2.45) is 0 Å². The standard InChI is InChI=1S/C15H16FN3O3S/c1-3-17-13(20)9-22-14(21)12-8-18-15(23-2)19(12)11-6-4-10(16)5-7-11/h4-8H,3,9H2,1-2H3,(H,17,20). The number of hydrogen-bond acceptors (Lipinski definition) is 5. The zero-order valence-corrected chi connectivity index (χ0v) is 13.5. The number of esters is 1. The zero-order chi connectivity index (χ0) is 16.8. The molecule has 0 atom stereocenters. The summed E-state index contributed by atoms with van der Waals surface area (Å²) < 4.78 is 19.6. The normalized spacial score (nSPS) is 10.4. The molecule has 8 heteroatoms. The molecule has 122 valence electrons. The molecule has 0 unspecified atom stereocenters. The van der Waals surface area contributed by atoms with Crippen molar-refractivity contribution in [2.45, 2.75) is 12.1 Å². The number of carbonyl (C=O) groups excluding carboxylic acids is 2. The van der Waals surface area contributed by atoms with Crippen molar-refractivity contribution in [3.63, 3.8) is 0 Å². The zero-order valence-electron chi connectivity index (χ0n) is 12.7. The molecule has 0 saturated carbocycles. The Bertz CT molecular complexity index is 700. The van der Waals surface area contributed by atoms with E-state index in [1.807, 2.05) is 6.26 Å². The van der Waals surface area contributed by atoms with Gasteiger partial charge in [0.2, 0.25) is 0 Å². The van der Waals surface area contributed by atoms with Gasteiger partial charge in [0, 0.05) is 12.2 Å². The first-order valence-corrected chi connectivity index (χ1v) is 8.10. The molecule has 0 saturated heterocycles. The Morgan fingerprint density at radius 3 is 2.65 bits per heavy atom. The Balaban J connectivity index is 2.25. The molecule has 1 aromatic heterocycles. The molecule has 1 N–H and O–H groups in total. The summed E-state index contributed by atoms with van der Waals surface area (Å²) in [5, 5.41) is 3.09. The van der Waals surface area contributed by atoms with Crippen molar-refractivity contribution in [3.8, 4) is 5.69 Å². The van der Waals surface area contributed by atoms with Gasteiger partial charge in [-0.3, -0.25) is 9.36 Å². The Kier molecular flexibility index (Phi) is 5.75. The van der Waals surface area contributed by atoms with Crippen LogP contribution in [-0.2, 0) is 9.53 Å². The molecule has 0 aliphatic heterocycles. The van der Waals surface area contributed by atoms with Crippen LogP contribution in [0.2, 0.25) is 0 Å². The average Bonchev–Trinajstić information content (AvgIpc) is 2.97. The van der Waals surface area contributed by atoms with E-state index in [-0.39, 0.29) is 24.0 Å². The van der Waals surface area contributed by atoms with E-state index >= 15 is 0 Å². The van der Waals surface area contributed by atoms with Gasteiger partial charge in [-0.15, -0.1) is 0 Å². The first-order valence-electron chi connectivity index (χ1n) is 6.88. The van der Waals surface area contributed by atoms with E-state index in [4.69, 9.17) is 4.74 Å². The number of carbonyl (C=O) groups is 2. The molecule has 0 spiro atoms. The Labute approximate surface area is 137 Å². The van der Waals surface area contributed by atoms with Crippen molar-refractivity contribution in [2.75, 3.05) is 19.4 Å². The molecule has 2 rings (SSSR count). The number of ether oxygens (including phenoxy) is 1. The summed E-state index contributed by atoms with van der Waals surface area (Å²) in [5.41, 5.74) is 0.753. The largest absolute Gasteiger partial charge is 0.451 e. The van der Waals surface area contributed by atoms with Crippen LogP contribution in [0.1, 0.15) is 17.4 Å². The maximum atomic E-state index is 13.1. The highest BCUT2D eigenvalue weighted by Crippen LogP contribution is 2.22. The topological polar surface area (TPSA) is 73.2 Å². The molecule has 0 aliphatic carbocycles. The van der Waals surface area contributed by atoms with E-state index in [9.17, 15) is 14.0 Å². The fourth-order valence-electron chi connectivity index (χ4n) is 1.92. The summed E-state index contributed by atoms with van der Waals surface area (Å²) in [6, 6.07) is 5.67. The molecule has 2 aromatic rings. The molecule has 1 amide bonds. The molecule has 1 heterocycles. The van der Waals surface area contributed by atoms with Crippen molar-refractivity contribution >= 4 is 23.6 Å². The first kappa shape index (κ1) is 17.0. The lowest BCUT2D eigenvalue weighted by Crippen LogP contribution is -2.28. The molecule has 23 heavy (non-hydrogen) atoms. The second-order valence-electron chi connectivity index (χ2n) is 4.47. The van der Waals surface area contributed by atoms with Crippen LogP contribution in [0, 0.1) is 5.82 Å². The van der Waals surface area contributed by atoms with Gasteiger partial charge in [0.25, 0.3) is 5.91 Å². The molecular weight excluding hydrogens is 321 g/mol. The fourth-order valence-corrected chi connectivity index (χ4v) is 2.46. The predicted octanol–water partition coefficient (Wildman–Crippen LogP) is 2.03. The Morgan fingerprint density at radius 1 is 1.35 bits per heavy atom. The first-order chi connectivity index (χ1) is 11.1. The van der Waals surface area contributed by atoms with Crippen molar-refractivity contribution in [1.29, 1.82) is 0 Å². The lowest BCUT2D eigenvalue weighted by atomic mass is 10.3. The highest BCUT2D eigenvalue weighted by Gasteiger charge is 2.19. The number of hydrogen-bond donors (Lipinski definition) is 1. The predicted molar refractivity (Wildman–Crippen MR) is 84.3 cm³/mol. The molecule has 1 aromatic carbocycles. The average molecular weight is 337 g/mol. The van der Waals surface area contributed by atoms with E-state index in [0.717, 1.165) is 0 Å². The van der Waals surface area contributed by atoms with Gasteiger partial charge in [0.05, 0.1) is 6.20 Å². The number of rotatable bonds is 6. The maximum Gasteiger partial charge on any atom is 0.357 e. The highest BCUT2D eigenvalue weighted by atomic mass is 32.2. The monoisotopic (exact) mass is 337 g/mol. The molecule has 0 radical (unpaired) electrons. The number of halogens is 1. The van der Waals surface area contributed by atoms with Crippen LogP contribution in [0.15, 0.2) is 35.6 Å². The number of nitrogens with one attached hydrogen (secondary N) is 1. The van der Waals surface area contributed by atoms with Crippen molar-refractivity contribution in [1.82, 2.24) is 14.9 Å². The highest BCUT2D eigenvalue weighted by molar-refractivity contribution is 7.98. The number of benzene rings is 1. The third kappa shape index (κ3) is 4.10. The van der Waals surface area contributed by atoms with Gasteiger partial charge in [0.1, 0.15) is 5.82 Å². The van der Waals surface area contributed by atoms with Crippen LogP contribution in [0.3, 0.4) is 0 Å². The van der Waals surface area contributed by atoms with Crippen molar-refractivity contribution in [3.05, 3.63) is 42.0 Å². The summed E-state index contributed by atoms with van der Waals surface area (Å²) in [6.45, 7) is 1.87. The van der Waals surface area contributed by atoms with Crippen molar-refractivity contribution < 1.29 is 18.7 Å². The molecule has 0 fully saturated rings. The lowest BCUT2D eigenvalue weighted by Gasteiger charge is -2.10. The number of nitrogens with zero attached hydrogens (tertiary/aromatic N) is 2. The Hall–Kier alpha value is -2.35. The summed E-state index contributed by atoms with van der Waals surface area (Å²) in [5.74, 6) is -1.42. The van der Waals surface area contributed by atoms with E-state index in [0.29, 0.717) is 17.4 Å². The SMILES string of the molecule is CCNC(=O)COC(=O)c1cnc(SC)n1-c1ccc(F)cc1. The van der Waals surface area contributed by atoms with Crippen LogP contribution in [-0.4, -0.2) is 40.8 Å². The maximum absolute atomic E-state index is 13.1. The summed E-state index contributed by atoms with van der Waals surface area (Å²) in [6.07, 6.45) is 3.18. The number of likely N-dealkylation sites (N-methyl/N-ethyl adjacent to an activating group) is 1. The smallest absolute Gasteiger partial charge is 0.357 e. The van der Waals surface area contributed by atoms with Gasteiger partial charge in [-0.05, 0) is 37.4 Å². The van der Waals surface area contributed by atoms with E-state index in [1.165, 1.54) is 42.2 Å². The molecular formula is C15H16FN3O3S. The number of amides is 1. The van der Waals surface area contributed by atoms with E-state index < -0.39 is 5.97 Å². The van der Waals surface area contributed by atoms with Crippen LogP contribution in [0.25, 0.3) is 5.69 Å². The van der Waals surface area contributed by atoms with Crippen LogP contribution < -0.4 is 5.32 Å². The van der Waals surface area contributed by atoms with Gasteiger partial charge in [0.15, 0.2) is 17.5 Å². The van der Waals surface area contributed by atoms with E-state index in [2.05, 4.69) is 10.3 Å². The number of imidazole rings is 1. The minimum atomic E-state index is -0.673. The second kappa shape index (κ2) is 7.77. The molecule has 0 aliphatic rings. The third-order valence-electron chi connectivity index (χ3n) is 2.91. The van der Waals surface area contributed by atoms with Crippen LogP contribution in [0.5, 0.6) is 0 Å². The molecule has 6 nitrogen and oxygen atoms in total.